The second-order valence-electron chi connectivity index (χ2n) is 30.9. The molecule has 9 aromatic carbocycles. The molecule has 9 aromatic rings. The van der Waals surface area contributed by atoms with Gasteiger partial charge in [0, 0.05) is 95.7 Å². The van der Waals surface area contributed by atoms with Crippen molar-refractivity contribution >= 4 is 96.6 Å². The highest BCUT2D eigenvalue weighted by atomic mass is 79.9. The van der Waals surface area contributed by atoms with Crippen LogP contribution in [0.25, 0.3) is 0 Å². The smallest absolute Gasteiger partial charge is 0.337 e. The number of nitrogen functional groups attached to an aromatic ring is 1. The number of ether oxygens (including phenoxy) is 2. The van der Waals surface area contributed by atoms with Crippen molar-refractivity contribution < 1.29 is 69.8 Å². The molecule has 4 aliphatic heterocycles. The fourth-order valence-corrected chi connectivity index (χ4v) is 13.3. The number of esters is 2. The quantitative estimate of drug-likeness (QED) is 0.0104. The van der Waals surface area contributed by atoms with Crippen molar-refractivity contribution in [2.75, 3.05) is 65.3 Å². The molecule has 7 N–H and O–H groups in total. The standard InChI is InChI=1S/C20H22FNO2.C19H21FN2O2.2C11H12FNO.C11H14FN.C9H9BrO2.C6H6FN.C5H7ClO.CH4/c1-20(2)10-11-22(18-9-8-16(21)12-17(18)20)13-14-4-6-15(7-5-14)19(23)24-3;1-19(2)9-10-22(17-8-7-15(20)11-16(17)19)12-13-3-5-14(6-4-13)18(23)21-24;1-11(2)6-10(14)13-9-4-3-7(12)5-8(9)11;1-8(2)7-11(14)13-10-5-3-9(12)4-6-10;1-11(2)5-6-13-10-4-3-8(12)7-9(10)11;1-12-9(11)8-4-2-7(6-10)3-5-8;7-5-1-3-6(8)4-2-5;1-4(2)3-5(6)7;/h4-9,12H,10-11,13H2,1-3H3;3-8,11,24H,9-10,12H2,1-2H3,(H,21,23);3-5H,6H2,1-2H3,(H,13,14);3-7H,1-2H3,(H,13,14);3-4,7,13H,5-6H2,1-2H3;2-5H,6H2,1H3;1-4H,8H2;3H,1-2H3;1H4. The lowest BCUT2D eigenvalue weighted by molar-refractivity contribution is -0.117. The fourth-order valence-electron chi connectivity index (χ4n) is 12.7. The highest BCUT2D eigenvalue weighted by molar-refractivity contribution is 9.08. The zero-order chi connectivity index (χ0) is 85.8. The number of nitrogens with two attached hydrogens (primary N) is 1. The largest absolute Gasteiger partial charge is 0.465 e. The Morgan fingerprint density at radius 1 is 0.504 bits per heavy atom. The van der Waals surface area contributed by atoms with Crippen molar-refractivity contribution in [2.24, 2.45) is 0 Å². The molecule has 0 bridgehead atoms. The molecule has 3 amide bonds. The second-order valence-corrected chi connectivity index (χ2v) is 31.9. The van der Waals surface area contributed by atoms with Gasteiger partial charge in [-0.1, -0.05) is 126 Å². The molecule has 4 aliphatic rings. The van der Waals surface area contributed by atoms with Crippen molar-refractivity contribution in [3.8, 4) is 0 Å². The topological polar surface area (TPSA) is 222 Å². The van der Waals surface area contributed by atoms with E-state index >= 15 is 0 Å². The first-order chi connectivity index (χ1) is 54.7. The molecular formula is C93H107BrClF6N7O9. The number of halogens is 8. The third kappa shape index (κ3) is 30.5. The van der Waals surface area contributed by atoms with Gasteiger partial charge < -0.3 is 41.0 Å². The van der Waals surface area contributed by atoms with Gasteiger partial charge in [0.2, 0.25) is 17.1 Å². The maximum absolute atomic E-state index is 13.7. The number of benzene rings is 9. The van der Waals surface area contributed by atoms with Crippen molar-refractivity contribution in [2.45, 2.75) is 156 Å². The predicted molar refractivity (Wildman–Crippen MR) is 462 cm³/mol. The highest BCUT2D eigenvalue weighted by Gasteiger charge is 2.35. The zero-order valence-corrected chi connectivity index (χ0v) is 70.3. The third-order valence-electron chi connectivity index (χ3n) is 19.2. The SMILES string of the molecule is C.CC(C)=CC(=O)Cl.CC(C)=CC(=O)Nc1ccc(F)cc1.CC1(C)CC(=O)Nc2ccc(F)cc21.CC1(C)CCN(Cc2ccc(C(=O)NO)cc2)c2ccc(F)cc21.CC1(C)CCNc2ccc(F)cc21.COC(=O)c1ccc(CBr)cc1.COC(=O)c1ccc(CN2CCC(C)(C)c3cc(F)ccc32)cc1.Nc1ccc(F)cc1. The molecule has 0 radical (unpaired) electrons. The number of carbonyl (C=O) groups excluding carboxylic acids is 6. The molecule has 0 fully saturated rings. The summed E-state index contributed by atoms with van der Waals surface area (Å²) in [5.74, 6) is -2.71. The van der Waals surface area contributed by atoms with Crippen LogP contribution in [0.3, 0.4) is 0 Å². The molecule has 117 heavy (non-hydrogen) atoms. The summed E-state index contributed by atoms with van der Waals surface area (Å²) in [6.07, 6.45) is 6.26. The van der Waals surface area contributed by atoms with Crippen LogP contribution < -0.4 is 37.0 Å². The molecule has 4 heterocycles. The normalized spacial score (nSPS) is 14.0. The lowest BCUT2D eigenvalue weighted by Crippen LogP contribution is -2.37. The average Bonchev–Trinajstić information content (AvgIpc) is 0.779. The van der Waals surface area contributed by atoms with Crippen LogP contribution >= 0.6 is 27.5 Å². The van der Waals surface area contributed by atoms with E-state index in [2.05, 4.69) is 88.0 Å². The van der Waals surface area contributed by atoms with Gasteiger partial charge in [-0.05, 0) is 278 Å². The lowest BCUT2D eigenvalue weighted by atomic mass is 9.77. The fraction of sp³-hybridized carbons (Fsp3) is 0.312. The summed E-state index contributed by atoms with van der Waals surface area (Å²) in [5.41, 5.74) is 22.5. The molecule has 13 rings (SSSR count). The lowest BCUT2D eigenvalue weighted by Gasteiger charge is -2.40. The molecule has 24 heteroatoms. The van der Waals surface area contributed by atoms with E-state index in [-0.39, 0.29) is 87.7 Å². The summed E-state index contributed by atoms with van der Waals surface area (Å²) in [7, 11) is 2.75. The Labute approximate surface area is 697 Å². The molecule has 0 atom stereocenters. The number of nitrogens with one attached hydrogen (secondary N) is 4. The molecular weight excluding hydrogens is 1590 g/mol. The molecule has 0 aliphatic carbocycles. The molecule has 0 aromatic heterocycles. The van der Waals surface area contributed by atoms with Gasteiger partial charge in [0.25, 0.3) is 5.91 Å². The second kappa shape index (κ2) is 44.9. The molecule has 0 saturated carbocycles. The number of anilines is 6. The van der Waals surface area contributed by atoms with Crippen molar-refractivity contribution in [3.63, 3.8) is 0 Å². The van der Waals surface area contributed by atoms with E-state index < -0.39 is 11.1 Å². The van der Waals surface area contributed by atoms with E-state index in [1.54, 1.807) is 66.1 Å². The van der Waals surface area contributed by atoms with Crippen molar-refractivity contribution in [1.82, 2.24) is 5.48 Å². The highest BCUT2D eigenvalue weighted by Crippen LogP contribution is 2.43. The Morgan fingerprint density at radius 3 is 1.27 bits per heavy atom. The number of fused-ring (bicyclic) bond motifs is 4. The van der Waals surface area contributed by atoms with Gasteiger partial charge in [0.15, 0.2) is 0 Å². The number of allylic oxidation sites excluding steroid dienone is 3. The maximum Gasteiger partial charge on any atom is 0.337 e. The minimum absolute atomic E-state index is 0. The Morgan fingerprint density at radius 2 is 0.880 bits per heavy atom. The first-order valence-corrected chi connectivity index (χ1v) is 38.9. The predicted octanol–water partition coefficient (Wildman–Crippen LogP) is 22.2. The van der Waals surface area contributed by atoms with E-state index in [0.29, 0.717) is 41.0 Å². The summed E-state index contributed by atoms with van der Waals surface area (Å²) < 4.78 is 87.2. The minimum atomic E-state index is -0.526. The summed E-state index contributed by atoms with van der Waals surface area (Å²) in [6, 6.07) is 52.6. The van der Waals surface area contributed by atoms with Crippen LogP contribution in [-0.2, 0) is 63.9 Å². The third-order valence-corrected chi connectivity index (χ3v) is 20.0. The van der Waals surface area contributed by atoms with E-state index in [1.165, 1.54) is 105 Å². The Hall–Kier alpha value is -11.0. The Kier molecular flexibility index (Phi) is 37.1. The number of rotatable bonds is 11. The number of hydroxylamine groups is 1. The minimum Gasteiger partial charge on any atom is -0.465 e. The average molecular weight is 1700 g/mol. The summed E-state index contributed by atoms with van der Waals surface area (Å²) in [4.78, 5) is 70.9. The van der Waals surface area contributed by atoms with Crippen LogP contribution in [0.1, 0.15) is 186 Å². The number of methoxy groups -OCH3 is 2. The van der Waals surface area contributed by atoms with Gasteiger partial charge in [-0.2, -0.15) is 0 Å². The Bertz CT molecular complexity index is 4730. The summed E-state index contributed by atoms with van der Waals surface area (Å²) in [6.45, 7) is 28.4. The molecule has 624 valence electrons. The monoisotopic (exact) mass is 1690 g/mol. The zero-order valence-electron chi connectivity index (χ0n) is 67.9. The summed E-state index contributed by atoms with van der Waals surface area (Å²) in [5, 5.41) is 17.7. The molecule has 0 unspecified atom stereocenters. The number of hydrogen-bond donors (Lipinski definition) is 6. The number of alkyl halides is 1. The van der Waals surface area contributed by atoms with E-state index in [0.717, 1.165) is 124 Å². The van der Waals surface area contributed by atoms with E-state index in [4.69, 9.17) is 27.3 Å². The first-order valence-electron chi connectivity index (χ1n) is 37.4. The van der Waals surface area contributed by atoms with E-state index in [9.17, 15) is 55.1 Å². The van der Waals surface area contributed by atoms with Gasteiger partial charge in [-0.25, -0.2) is 41.4 Å². The van der Waals surface area contributed by atoms with Crippen LogP contribution in [-0.4, -0.2) is 74.0 Å². The molecule has 0 saturated heterocycles. The number of nitrogens with zero attached hydrogens (tertiary/aromatic N) is 2. The van der Waals surface area contributed by atoms with Gasteiger partial charge in [-0.3, -0.25) is 24.4 Å². The Balaban J connectivity index is 0.000000246. The first kappa shape index (κ1) is 96.6. The van der Waals surface area contributed by atoms with Gasteiger partial charge >= 0.3 is 11.9 Å². The van der Waals surface area contributed by atoms with Gasteiger partial charge in [-0.15, -0.1) is 0 Å². The van der Waals surface area contributed by atoms with Crippen molar-refractivity contribution in [1.29, 1.82) is 0 Å². The number of carbonyl (C=O) groups is 6. The van der Waals surface area contributed by atoms with Crippen molar-refractivity contribution in [3.05, 3.63) is 308 Å². The molecule has 16 nitrogen and oxygen atoms in total. The maximum atomic E-state index is 13.7. The van der Waals surface area contributed by atoms with Crippen LogP contribution in [0.4, 0.5) is 60.5 Å². The van der Waals surface area contributed by atoms with Crippen LogP contribution in [0, 0.1) is 34.9 Å². The van der Waals surface area contributed by atoms with Crippen LogP contribution in [0.5, 0.6) is 0 Å². The van der Waals surface area contributed by atoms with Gasteiger partial charge in [0.05, 0.1) is 25.3 Å². The molecule has 0 spiro atoms. The van der Waals surface area contributed by atoms with E-state index in [1.807, 2.05) is 96.1 Å². The number of amides is 3. The van der Waals surface area contributed by atoms with Crippen LogP contribution in [0.2, 0.25) is 0 Å². The van der Waals surface area contributed by atoms with Gasteiger partial charge in [0.1, 0.15) is 34.9 Å². The number of hydrogen-bond acceptors (Lipinski definition) is 13. The summed E-state index contributed by atoms with van der Waals surface area (Å²) >= 11 is 8.28. The van der Waals surface area contributed by atoms with Crippen LogP contribution in [0.15, 0.2) is 217 Å².